The molecule has 4 rings (SSSR count). The highest BCUT2D eigenvalue weighted by molar-refractivity contribution is 5.85. The zero-order valence-corrected chi connectivity index (χ0v) is 17.1. The van der Waals surface area contributed by atoms with Gasteiger partial charge in [0.15, 0.2) is 11.5 Å². The number of rotatable bonds is 3. The summed E-state index contributed by atoms with van der Waals surface area (Å²) >= 11 is 0. The van der Waals surface area contributed by atoms with E-state index in [2.05, 4.69) is 24.8 Å². The Morgan fingerprint density at radius 3 is 2.54 bits per heavy atom. The lowest BCUT2D eigenvalue weighted by molar-refractivity contribution is 0.158. The fourth-order valence-electron chi connectivity index (χ4n) is 4.32. The van der Waals surface area contributed by atoms with Crippen molar-refractivity contribution in [2.45, 2.75) is 38.7 Å². The number of ether oxygens (including phenoxy) is 3. The molecule has 1 unspecified atom stereocenters. The molecule has 0 aromatic heterocycles. The molecule has 146 valence electrons. The number of aromatic hydroxyl groups is 1. The SMILES string of the molecule is C=C(C)C1Cc2c(ccc(O)c2OC)-c2cc3c(c(OC)c21)C=CC(C)(C)O3. The van der Waals surface area contributed by atoms with Crippen LogP contribution in [0.5, 0.6) is 23.0 Å². The summed E-state index contributed by atoms with van der Waals surface area (Å²) in [4.78, 5) is 0. The van der Waals surface area contributed by atoms with Crippen molar-refractivity contribution in [1.29, 1.82) is 0 Å². The number of allylic oxidation sites excluding steroid dienone is 1. The second-order valence-electron chi connectivity index (χ2n) is 8.07. The van der Waals surface area contributed by atoms with Gasteiger partial charge in [0.2, 0.25) is 0 Å². The van der Waals surface area contributed by atoms with Gasteiger partial charge in [-0.05, 0) is 62.6 Å². The van der Waals surface area contributed by atoms with Crippen LogP contribution in [0.15, 0.2) is 36.4 Å². The Labute approximate surface area is 166 Å². The molecule has 1 N–H and O–H groups in total. The molecule has 0 bridgehead atoms. The zero-order valence-electron chi connectivity index (χ0n) is 17.1. The van der Waals surface area contributed by atoms with Gasteiger partial charge in [-0.1, -0.05) is 18.2 Å². The van der Waals surface area contributed by atoms with E-state index in [9.17, 15) is 5.11 Å². The number of fused-ring (bicyclic) bond motifs is 4. The zero-order chi connectivity index (χ0) is 20.2. The van der Waals surface area contributed by atoms with E-state index in [1.807, 2.05) is 26.8 Å². The molecule has 1 aliphatic heterocycles. The van der Waals surface area contributed by atoms with Crippen molar-refractivity contribution in [2.75, 3.05) is 14.2 Å². The monoisotopic (exact) mass is 378 g/mol. The summed E-state index contributed by atoms with van der Waals surface area (Å²) in [7, 11) is 3.29. The molecule has 0 radical (unpaired) electrons. The normalized spacial score (nSPS) is 18.4. The van der Waals surface area contributed by atoms with Crippen LogP contribution >= 0.6 is 0 Å². The van der Waals surface area contributed by atoms with E-state index in [1.54, 1.807) is 20.3 Å². The second kappa shape index (κ2) is 6.33. The summed E-state index contributed by atoms with van der Waals surface area (Å²) in [5.74, 6) is 2.35. The summed E-state index contributed by atoms with van der Waals surface area (Å²) in [5.41, 5.74) is 5.77. The molecule has 0 saturated heterocycles. The summed E-state index contributed by atoms with van der Waals surface area (Å²) < 4.78 is 17.7. The first-order valence-electron chi connectivity index (χ1n) is 9.45. The van der Waals surface area contributed by atoms with E-state index in [0.29, 0.717) is 12.2 Å². The summed E-state index contributed by atoms with van der Waals surface area (Å²) in [5, 5.41) is 10.3. The van der Waals surface area contributed by atoms with Crippen LogP contribution in [-0.4, -0.2) is 24.9 Å². The minimum absolute atomic E-state index is 0.0572. The van der Waals surface area contributed by atoms with Crippen molar-refractivity contribution < 1.29 is 19.3 Å². The highest BCUT2D eigenvalue weighted by Crippen LogP contribution is 2.54. The van der Waals surface area contributed by atoms with Gasteiger partial charge in [-0.25, -0.2) is 0 Å². The van der Waals surface area contributed by atoms with Gasteiger partial charge in [-0.15, -0.1) is 0 Å². The quantitative estimate of drug-likeness (QED) is 0.719. The number of benzene rings is 2. The predicted octanol–water partition coefficient (Wildman–Crippen LogP) is 5.48. The van der Waals surface area contributed by atoms with Crippen molar-refractivity contribution >= 4 is 6.08 Å². The second-order valence-corrected chi connectivity index (χ2v) is 8.07. The van der Waals surface area contributed by atoms with Gasteiger partial charge in [-0.2, -0.15) is 0 Å². The Morgan fingerprint density at radius 2 is 1.89 bits per heavy atom. The minimum atomic E-state index is -0.385. The molecule has 2 aliphatic rings. The van der Waals surface area contributed by atoms with Gasteiger partial charge in [0.05, 0.1) is 19.8 Å². The Bertz CT molecular complexity index is 1010. The molecule has 2 aromatic rings. The van der Waals surface area contributed by atoms with E-state index in [-0.39, 0.29) is 17.3 Å². The molecule has 0 saturated carbocycles. The van der Waals surface area contributed by atoms with Crippen LogP contribution in [0.4, 0.5) is 0 Å². The first kappa shape index (κ1) is 18.5. The fraction of sp³-hybridized carbons (Fsp3) is 0.333. The number of phenols is 1. The molecule has 28 heavy (non-hydrogen) atoms. The predicted molar refractivity (Wildman–Crippen MR) is 112 cm³/mol. The van der Waals surface area contributed by atoms with Crippen molar-refractivity contribution in [2.24, 2.45) is 0 Å². The number of phenolic OH excluding ortho intramolecular Hbond substituents is 1. The standard InChI is InChI=1S/C24H26O4/c1-13(2)16-11-18-14(7-8-19(25)22(18)26-5)17-12-20-15(23(27-6)21(16)17)9-10-24(3,4)28-20/h7-10,12,16,25H,1,11H2,2-6H3. The van der Waals surface area contributed by atoms with Gasteiger partial charge in [0.1, 0.15) is 17.1 Å². The van der Waals surface area contributed by atoms with E-state index >= 15 is 0 Å². The Balaban J connectivity index is 2.07. The van der Waals surface area contributed by atoms with E-state index < -0.39 is 0 Å². The maximum absolute atomic E-state index is 10.3. The molecule has 0 fully saturated rings. The highest BCUT2D eigenvalue weighted by atomic mass is 16.5. The van der Waals surface area contributed by atoms with Crippen molar-refractivity contribution in [1.82, 2.24) is 0 Å². The highest BCUT2D eigenvalue weighted by Gasteiger charge is 2.35. The van der Waals surface area contributed by atoms with E-state index in [0.717, 1.165) is 44.9 Å². The van der Waals surface area contributed by atoms with Gasteiger partial charge in [0.25, 0.3) is 0 Å². The van der Waals surface area contributed by atoms with Crippen molar-refractivity contribution in [3.63, 3.8) is 0 Å². The third-order valence-electron chi connectivity index (χ3n) is 5.63. The first-order valence-corrected chi connectivity index (χ1v) is 9.45. The van der Waals surface area contributed by atoms with E-state index in [4.69, 9.17) is 14.2 Å². The summed E-state index contributed by atoms with van der Waals surface area (Å²) in [6.07, 6.45) is 4.83. The van der Waals surface area contributed by atoms with Gasteiger partial charge in [-0.3, -0.25) is 0 Å². The van der Waals surface area contributed by atoms with Crippen LogP contribution in [-0.2, 0) is 6.42 Å². The molecule has 1 heterocycles. The minimum Gasteiger partial charge on any atom is -0.504 e. The smallest absolute Gasteiger partial charge is 0.164 e. The van der Waals surface area contributed by atoms with Crippen LogP contribution < -0.4 is 14.2 Å². The van der Waals surface area contributed by atoms with Crippen molar-refractivity contribution in [3.8, 4) is 34.1 Å². The fourth-order valence-corrected chi connectivity index (χ4v) is 4.32. The maximum Gasteiger partial charge on any atom is 0.164 e. The molecule has 4 heteroatoms. The van der Waals surface area contributed by atoms with E-state index in [1.165, 1.54) is 0 Å². The Kier molecular flexibility index (Phi) is 4.18. The van der Waals surface area contributed by atoms with Crippen LogP contribution in [0.25, 0.3) is 17.2 Å². The number of hydrogen-bond acceptors (Lipinski definition) is 4. The molecule has 1 atom stereocenters. The van der Waals surface area contributed by atoms with Crippen LogP contribution in [0, 0.1) is 0 Å². The topological polar surface area (TPSA) is 47.9 Å². The summed E-state index contributed by atoms with van der Waals surface area (Å²) in [6.45, 7) is 10.3. The number of hydrogen-bond donors (Lipinski definition) is 1. The van der Waals surface area contributed by atoms with Gasteiger partial charge in [0, 0.05) is 17.0 Å². The lowest BCUT2D eigenvalue weighted by Gasteiger charge is -2.35. The van der Waals surface area contributed by atoms with Gasteiger partial charge < -0.3 is 19.3 Å². The number of methoxy groups -OCH3 is 2. The molecule has 4 nitrogen and oxygen atoms in total. The molecular formula is C24H26O4. The molecule has 0 amide bonds. The maximum atomic E-state index is 10.3. The lowest BCUT2D eigenvalue weighted by atomic mass is 9.74. The third-order valence-corrected chi connectivity index (χ3v) is 5.63. The molecular weight excluding hydrogens is 352 g/mol. The largest absolute Gasteiger partial charge is 0.504 e. The van der Waals surface area contributed by atoms with Crippen molar-refractivity contribution in [3.05, 3.63) is 53.1 Å². The third kappa shape index (κ3) is 2.67. The lowest BCUT2D eigenvalue weighted by Crippen LogP contribution is -2.28. The Morgan fingerprint density at radius 1 is 1.18 bits per heavy atom. The molecule has 2 aromatic carbocycles. The Hall–Kier alpha value is -2.88. The van der Waals surface area contributed by atoms with Crippen LogP contribution in [0.3, 0.4) is 0 Å². The first-order chi connectivity index (χ1) is 13.3. The average molecular weight is 378 g/mol. The van der Waals surface area contributed by atoms with Crippen LogP contribution in [0.1, 0.15) is 43.4 Å². The average Bonchev–Trinajstić information content (AvgIpc) is 2.64. The van der Waals surface area contributed by atoms with Gasteiger partial charge >= 0.3 is 0 Å². The summed E-state index contributed by atoms with van der Waals surface area (Å²) in [6, 6.07) is 5.71. The molecule has 1 aliphatic carbocycles. The molecule has 0 spiro atoms. The van der Waals surface area contributed by atoms with Crippen LogP contribution in [0.2, 0.25) is 0 Å².